The summed E-state index contributed by atoms with van der Waals surface area (Å²) >= 11 is 0. The van der Waals surface area contributed by atoms with Crippen LogP contribution in [0.3, 0.4) is 0 Å². The molecule has 3 aliphatic rings. The molecule has 0 radical (unpaired) electrons. The number of rotatable bonds is 7. The summed E-state index contributed by atoms with van der Waals surface area (Å²) in [5, 5.41) is 4.94. The second-order valence-electron chi connectivity index (χ2n) is 8.46. The van der Waals surface area contributed by atoms with Crippen LogP contribution in [-0.4, -0.2) is 58.5 Å². The van der Waals surface area contributed by atoms with Crippen molar-refractivity contribution in [1.29, 1.82) is 0 Å². The summed E-state index contributed by atoms with van der Waals surface area (Å²) in [7, 11) is 1.55. The number of hydrogen-bond acceptors (Lipinski definition) is 5. The summed E-state index contributed by atoms with van der Waals surface area (Å²) in [6.45, 7) is 4.04. The standard InChI is InChI=1S/C23H26N4O5/c1-3-19(29)27(20(14-5-6-14)22(31)24-2)11-13-4-7-16-15(10-13)12-26(23(16)32)17-8-9-18(28)25-21(17)30/h3-4,7,10,14,17,20H,1,5-6,8-9,11-12H2,2H3,(H,24,31)(H,25,28,30). The van der Waals surface area contributed by atoms with E-state index in [0.717, 1.165) is 24.0 Å². The van der Waals surface area contributed by atoms with Gasteiger partial charge < -0.3 is 15.1 Å². The van der Waals surface area contributed by atoms with Crippen LogP contribution in [0.15, 0.2) is 30.9 Å². The van der Waals surface area contributed by atoms with Gasteiger partial charge in [0.25, 0.3) is 5.91 Å². The number of hydrogen-bond donors (Lipinski definition) is 2. The first-order valence-corrected chi connectivity index (χ1v) is 10.7. The minimum absolute atomic E-state index is 0.123. The number of carbonyl (C=O) groups is 5. The number of piperidine rings is 1. The smallest absolute Gasteiger partial charge is 0.255 e. The van der Waals surface area contributed by atoms with Crippen LogP contribution in [0.2, 0.25) is 0 Å². The summed E-state index contributed by atoms with van der Waals surface area (Å²) < 4.78 is 0. The monoisotopic (exact) mass is 438 g/mol. The van der Waals surface area contributed by atoms with Crippen molar-refractivity contribution in [3.63, 3.8) is 0 Å². The van der Waals surface area contributed by atoms with Crippen molar-refractivity contribution >= 4 is 29.5 Å². The zero-order chi connectivity index (χ0) is 23.0. The van der Waals surface area contributed by atoms with Gasteiger partial charge in [-0.25, -0.2) is 0 Å². The predicted molar refractivity (Wildman–Crippen MR) is 114 cm³/mol. The summed E-state index contributed by atoms with van der Waals surface area (Å²) in [6, 6.07) is 4.06. The molecule has 0 spiro atoms. The quantitative estimate of drug-likeness (QED) is 0.475. The molecule has 2 unspecified atom stereocenters. The Bertz CT molecular complexity index is 1020. The van der Waals surface area contributed by atoms with Crippen molar-refractivity contribution in [3.8, 4) is 0 Å². The molecule has 32 heavy (non-hydrogen) atoms. The first-order chi connectivity index (χ1) is 15.3. The van der Waals surface area contributed by atoms with E-state index in [1.165, 1.54) is 15.9 Å². The van der Waals surface area contributed by atoms with E-state index in [1.807, 2.05) is 6.07 Å². The van der Waals surface area contributed by atoms with Crippen LogP contribution >= 0.6 is 0 Å². The van der Waals surface area contributed by atoms with Gasteiger partial charge in [-0.3, -0.25) is 29.3 Å². The van der Waals surface area contributed by atoms with E-state index in [-0.39, 0.29) is 49.1 Å². The normalized spacial score (nSPS) is 21.0. The molecule has 1 saturated heterocycles. The van der Waals surface area contributed by atoms with Gasteiger partial charge in [-0.15, -0.1) is 0 Å². The molecule has 0 aromatic heterocycles. The molecule has 1 aromatic rings. The van der Waals surface area contributed by atoms with Crippen molar-refractivity contribution in [1.82, 2.24) is 20.4 Å². The number of imide groups is 1. The topological polar surface area (TPSA) is 116 Å². The predicted octanol–water partition coefficient (Wildman–Crippen LogP) is 0.487. The van der Waals surface area contributed by atoms with Crippen LogP contribution < -0.4 is 10.6 Å². The molecule has 1 aromatic carbocycles. The van der Waals surface area contributed by atoms with Gasteiger partial charge in [-0.2, -0.15) is 0 Å². The Morgan fingerprint density at radius 1 is 1.28 bits per heavy atom. The lowest BCUT2D eigenvalue weighted by molar-refractivity contribution is -0.138. The number of benzene rings is 1. The molecule has 2 N–H and O–H groups in total. The number of amides is 5. The average Bonchev–Trinajstić information content (AvgIpc) is 3.56. The molecular formula is C23H26N4O5. The lowest BCUT2D eigenvalue weighted by Gasteiger charge is -2.30. The molecule has 2 heterocycles. The summed E-state index contributed by atoms with van der Waals surface area (Å²) in [4.78, 5) is 64.7. The number of nitrogens with zero attached hydrogens (tertiary/aromatic N) is 2. The van der Waals surface area contributed by atoms with Crippen LogP contribution in [0, 0.1) is 5.92 Å². The fraction of sp³-hybridized carbons (Fsp3) is 0.435. The molecule has 9 heteroatoms. The van der Waals surface area contributed by atoms with Gasteiger partial charge >= 0.3 is 0 Å². The van der Waals surface area contributed by atoms with Gasteiger partial charge in [-0.1, -0.05) is 18.7 Å². The van der Waals surface area contributed by atoms with Crippen LogP contribution in [-0.2, 0) is 32.3 Å². The highest BCUT2D eigenvalue weighted by Crippen LogP contribution is 2.36. The molecule has 9 nitrogen and oxygen atoms in total. The number of nitrogens with one attached hydrogen (secondary N) is 2. The van der Waals surface area contributed by atoms with E-state index in [1.54, 1.807) is 19.2 Å². The molecule has 5 amide bonds. The van der Waals surface area contributed by atoms with E-state index in [2.05, 4.69) is 17.2 Å². The Hall–Kier alpha value is -3.49. The van der Waals surface area contributed by atoms with E-state index in [4.69, 9.17) is 0 Å². The van der Waals surface area contributed by atoms with Crippen molar-refractivity contribution in [2.75, 3.05) is 7.05 Å². The number of carbonyl (C=O) groups excluding carboxylic acids is 5. The SMILES string of the molecule is C=CC(=O)N(Cc1ccc2c(c1)CN(C1CCC(=O)NC1=O)C2=O)C(C(=O)NC)C1CC1. The fourth-order valence-electron chi connectivity index (χ4n) is 4.52. The van der Waals surface area contributed by atoms with E-state index in [9.17, 15) is 24.0 Å². The Morgan fingerprint density at radius 2 is 2.03 bits per heavy atom. The molecule has 168 valence electrons. The molecule has 4 rings (SSSR count). The first kappa shape index (κ1) is 21.7. The minimum Gasteiger partial charge on any atom is -0.357 e. The molecule has 1 aliphatic carbocycles. The Labute approximate surface area is 185 Å². The van der Waals surface area contributed by atoms with Crippen molar-refractivity contribution < 1.29 is 24.0 Å². The van der Waals surface area contributed by atoms with Gasteiger partial charge in [0, 0.05) is 32.1 Å². The number of likely N-dealkylation sites (N-methyl/N-ethyl adjacent to an activating group) is 1. The third-order valence-corrected chi connectivity index (χ3v) is 6.32. The molecule has 2 atom stereocenters. The second-order valence-corrected chi connectivity index (χ2v) is 8.46. The van der Waals surface area contributed by atoms with Gasteiger partial charge in [0.05, 0.1) is 0 Å². The Kier molecular flexibility index (Phi) is 5.82. The second kappa shape index (κ2) is 8.57. The van der Waals surface area contributed by atoms with Gasteiger partial charge in [-0.05, 0) is 48.4 Å². The van der Waals surface area contributed by atoms with Crippen molar-refractivity contribution in [2.24, 2.45) is 5.92 Å². The van der Waals surface area contributed by atoms with Crippen LogP contribution in [0.25, 0.3) is 0 Å². The Balaban J connectivity index is 1.55. The maximum Gasteiger partial charge on any atom is 0.255 e. The number of fused-ring (bicyclic) bond motifs is 1. The van der Waals surface area contributed by atoms with E-state index < -0.39 is 18.0 Å². The van der Waals surface area contributed by atoms with Crippen molar-refractivity contribution in [3.05, 3.63) is 47.5 Å². The highest BCUT2D eigenvalue weighted by molar-refractivity contribution is 6.05. The highest BCUT2D eigenvalue weighted by Gasteiger charge is 2.42. The summed E-state index contributed by atoms with van der Waals surface area (Å²) in [5.74, 6) is -1.44. The lowest BCUT2D eigenvalue weighted by atomic mass is 10.0. The average molecular weight is 438 g/mol. The van der Waals surface area contributed by atoms with Crippen LogP contribution in [0.5, 0.6) is 0 Å². The van der Waals surface area contributed by atoms with Crippen LogP contribution in [0.4, 0.5) is 0 Å². The van der Waals surface area contributed by atoms with Crippen LogP contribution in [0.1, 0.15) is 47.2 Å². The first-order valence-electron chi connectivity index (χ1n) is 10.7. The van der Waals surface area contributed by atoms with E-state index in [0.29, 0.717) is 12.0 Å². The van der Waals surface area contributed by atoms with Crippen molar-refractivity contribution in [2.45, 2.75) is 50.9 Å². The summed E-state index contributed by atoms with van der Waals surface area (Å²) in [5.41, 5.74) is 2.04. The maximum atomic E-state index is 12.9. The van der Waals surface area contributed by atoms with Gasteiger partial charge in [0.2, 0.25) is 23.6 Å². The zero-order valence-electron chi connectivity index (χ0n) is 17.9. The van der Waals surface area contributed by atoms with E-state index >= 15 is 0 Å². The molecule has 2 fully saturated rings. The maximum absolute atomic E-state index is 12.9. The third-order valence-electron chi connectivity index (χ3n) is 6.32. The molecule has 1 saturated carbocycles. The zero-order valence-corrected chi connectivity index (χ0v) is 17.9. The van der Waals surface area contributed by atoms with Gasteiger partial charge in [0.1, 0.15) is 12.1 Å². The summed E-state index contributed by atoms with van der Waals surface area (Å²) in [6.07, 6.45) is 3.48. The minimum atomic E-state index is -0.678. The largest absolute Gasteiger partial charge is 0.357 e. The van der Waals surface area contributed by atoms with Gasteiger partial charge in [0.15, 0.2) is 0 Å². The Morgan fingerprint density at radius 3 is 2.66 bits per heavy atom. The lowest BCUT2D eigenvalue weighted by Crippen LogP contribution is -2.52. The third kappa shape index (κ3) is 4.02. The molecular weight excluding hydrogens is 412 g/mol. The molecule has 2 aliphatic heterocycles. The fourth-order valence-corrected chi connectivity index (χ4v) is 4.52. The highest BCUT2D eigenvalue weighted by atomic mass is 16.2. The molecule has 0 bridgehead atoms.